The summed E-state index contributed by atoms with van der Waals surface area (Å²) in [6.45, 7) is 7.20. The van der Waals surface area contributed by atoms with Crippen molar-refractivity contribution in [3.63, 3.8) is 0 Å². The summed E-state index contributed by atoms with van der Waals surface area (Å²) >= 11 is 6.47. The van der Waals surface area contributed by atoms with Gasteiger partial charge < -0.3 is 14.7 Å². The van der Waals surface area contributed by atoms with Crippen LogP contribution in [0.3, 0.4) is 0 Å². The predicted octanol–water partition coefficient (Wildman–Crippen LogP) is 2.68. The summed E-state index contributed by atoms with van der Waals surface area (Å²) in [7, 11) is 0. The minimum absolute atomic E-state index is 0.0406. The fourth-order valence-corrected chi connectivity index (χ4v) is 5.52. The SMILES string of the molecule is Cc1cccn2c(=O)c(/C=C3\SC(=S)N(CCCC(=O)O)C3=O)c(N3C[C@@H](C)O[C@H](C)C3)nc12. The number of amides is 1. The lowest BCUT2D eigenvalue weighted by Gasteiger charge is -2.36. The molecular weight excluding hydrogens is 476 g/mol. The molecule has 2 aliphatic heterocycles. The van der Waals surface area contributed by atoms with Gasteiger partial charge in [-0.05, 0) is 44.9 Å². The quantitative estimate of drug-likeness (QED) is 0.471. The van der Waals surface area contributed by atoms with Crippen LogP contribution >= 0.6 is 24.0 Å². The topological polar surface area (TPSA) is 104 Å². The van der Waals surface area contributed by atoms with E-state index in [1.54, 1.807) is 18.3 Å². The van der Waals surface area contributed by atoms with Crippen molar-refractivity contribution in [1.29, 1.82) is 0 Å². The molecule has 1 amide bonds. The number of carbonyl (C=O) groups is 2. The maximum absolute atomic E-state index is 13.6. The van der Waals surface area contributed by atoms with Crippen molar-refractivity contribution in [2.24, 2.45) is 0 Å². The minimum atomic E-state index is -0.926. The summed E-state index contributed by atoms with van der Waals surface area (Å²) in [5.41, 5.74) is 1.47. The Labute approximate surface area is 206 Å². The van der Waals surface area contributed by atoms with E-state index in [-0.39, 0.29) is 36.6 Å². The van der Waals surface area contributed by atoms with Crippen LogP contribution in [0, 0.1) is 6.92 Å². The second-order valence-electron chi connectivity index (χ2n) is 8.53. The van der Waals surface area contributed by atoms with Crippen molar-refractivity contribution in [3.8, 4) is 0 Å². The first-order valence-corrected chi connectivity index (χ1v) is 12.3. The molecule has 2 aliphatic rings. The number of nitrogens with zero attached hydrogens (tertiary/aromatic N) is 4. The molecule has 9 nitrogen and oxygen atoms in total. The number of ether oxygens (including phenoxy) is 1. The van der Waals surface area contributed by atoms with Gasteiger partial charge >= 0.3 is 5.97 Å². The molecule has 180 valence electrons. The number of hydrogen-bond donors (Lipinski definition) is 1. The maximum Gasteiger partial charge on any atom is 0.303 e. The smallest absolute Gasteiger partial charge is 0.303 e. The zero-order valence-corrected chi connectivity index (χ0v) is 20.8. The Morgan fingerprint density at radius 3 is 2.71 bits per heavy atom. The molecule has 11 heteroatoms. The van der Waals surface area contributed by atoms with Gasteiger partial charge in [0.1, 0.15) is 15.8 Å². The van der Waals surface area contributed by atoms with Gasteiger partial charge in [0.15, 0.2) is 0 Å². The van der Waals surface area contributed by atoms with Gasteiger partial charge in [0.2, 0.25) is 0 Å². The normalized spacial score (nSPS) is 22.3. The van der Waals surface area contributed by atoms with Gasteiger partial charge in [-0.15, -0.1) is 0 Å². The molecule has 0 bridgehead atoms. The standard InChI is InChI=1S/C23H26N4O5S2/c1-13-6-4-8-26-19(13)24-20(25-11-14(2)32-15(3)12-25)16(21(26)30)10-17-22(31)27(23(33)34-17)9-5-7-18(28)29/h4,6,8,10,14-15H,5,7,9,11-12H2,1-3H3,(H,28,29)/b17-10-/t14-,15-/m1/s1. The number of hydrogen-bond acceptors (Lipinski definition) is 8. The molecule has 2 atom stereocenters. The van der Waals surface area contributed by atoms with Gasteiger partial charge in [0.25, 0.3) is 11.5 Å². The number of pyridine rings is 1. The third-order valence-electron chi connectivity index (χ3n) is 5.70. The molecule has 2 aromatic rings. The first-order chi connectivity index (χ1) is 16.2. The number of thiocarbonyl (C=S) groups is 1. The Balaban J connectivity index is 1.78. The van der Waals surface area contributed by atoms with Crippen LogP contribution in [0.4, 0.5) is 5.82 Å². The van der Waals surface area contributed by atoms with Crippen LogP contribution in [0.2, 0.25) is 0 Å². The number of carboxylic acids is 1. The second-order valence-corrected chi connectivity index (χ2v) is 10.2. The Morgan fingerprint density at radius 1 is 1.32 bits per heavy atom. The van der Waals surface area contributed by atoms with Crippen molar-refractivity contribution in [2.75, 3.05) is 24.5 Å². The van der Waals surface area contributed by atoms with E-state index >= 15 is 0 Å². The molecule has 0 unspecified atom stereocenters. The molecule has 1 N–H and O–H groups in total. The second kappa shape index (κ2) is 9.85. The highest BCUT2D eigenvalue weighted by Crippen LogP contribution is 2.34. The van der Waals surface area contributed by atoms with E-state index < -0.39 is 5.97 Å². The number of carbonyl (C=O) groups excluding carboxylic acids is 1. The Kier molecular flexibility index (Phi) is 7.06. The summed E-state index contributed by atoms with van der Waals surface area (Å²) in [5.74, 6) is -0.744. The first kappa shape index (κ1) is 24.4. The highest BCUT2D eigenvalue weighted by Gasteiger charge is 2.33. The fourth-order valence-electron chi connectivity index (χ4n) is 4.23. The summed E-state index contributed by atoms with van der Waals surface area (Å²) in [6, 6.07) is 3.69. The van der Waals surface area contributed by atoms with Crippen molar-refractivity contribution >= 4 is 57.7 Å². The predicted molar refractivity (Wildman–Crippen MR) is 135 cm³/mol. The van der Waals surface area contributed by atoms with E-state index in [4.69, 9.17) is 27.0 Å². The lowest BCUT2D eigenvalue weighted by molar-refractivity contribution is -0.137. The number of aryl methyl sites for hydroxylation is 1. The molecular formula is C23H26N4O5S2. The van der Waals surface area contributed by atoms with E-state index in [0.717, 1.165) is 17.3 Å². The summed E-state index contributed by atoms with van der Waals surface area (Å²) in [5, 5.41) is 8.88. The van der Waals surface area contributed by atoms with Crippen LogP contribution in [0.25, 0.3) is 11.7 Å². The van der Waals surface area contributed by atoms with Crippen molar-refractivity contribution in [1.82, 2.24) is 14.3 Å². The van der Waals surface area contributed by atoms with E-state index in [1.165, 1.54) is 9.30 Å². The van der Waals surface area contributed by atoms with E-state index in [0.29, 0.717) is 45.8 Å². The van der Waals surface area contributed by atoms with Gasteiger partial charge in [-0.25, -0.2) is 4.98 Å². The van der Waals surface area contributed by atoms with Gasteiger partial charge in [-0.2, -0.15) is 0 Å². The van der Waals surface area contributed by atoms with Gasteiger partial charge in [0.05, 0.1) is 22.7 Å². The molecule has 4 heterocycles. The molecule has 0 saturated carbocycles. The van der Waals surface area contributed by atoms with Crippen LogP contribution in [0.15, 0.2) is 28.0 Å². The number of fused-ring (bicyclic) bond motifs is 1. The largest absolute Gasteiger partial charge is 0.481 e. The fraction of sp³-hybridized carbons (Fsp3) is 0.435. The zero-order chi connectivity index (χ0) is 24.6. The molecule has 0 radical (unpaired) electrons. The average Bonchev–Trinajstić information content (AvgIpc) is 3.02. The highest BCUT2D eigenvalue weighted by atomic mass is 32.2. The van der Waals surface area contributed by atoms with Gasteiger partial charge in [-0.3, -0.25) is 23.7 Å². The molecule has 2 fully saturated rings. The van der Waals surface area contributed by atoms with Crippen LogP contribution in [0.1, 0.15) is 37.8 Å². The monoisotopic (exact) mass is 502 g/mol. The lowest BCUT2D eigenvalue weighted by Crippen LogP contribution is -2.46. The highest BCUT2D eigenvalue weighted by molar-refractivity contribution is 8.26. The molecule has 2 aromatic heterocycles. The molecule has 0 aliphatic carbocycles. The first-order valence-electron chi connectivity index (χ1n) is 11.0. The minimum Gasteiger partial charge on any atom is -0.481 e. The van der Waals surface area contributed by atoms with E-state index in [9.17, 15) is 14.4 Å². The number of thioether (sulfide) groups is 1. The Morgan fingerprint density at radius 2 is 2.03 bits per heavy atom. The van der Waals surface area contributed by atoms with Crippen molar-refractivity contribution in [2.45, 2.75) is 45.8 Å². The number of rotatable bonds is 6. The third-order valence-corrected chi connectivity index (χ3v) is 7.08. The van der Waals surface area contributed by atoms with E-state index in [1.807, 2.05) is 31.7 Å². The van der Waals surface area contributed by atoms with Crippen LogP contribution in [0.5, 0.6) is 0 Å². The molecule has 4 rings (SSSR count). The van der Waals surface area contributed by atoms with Crippen LogP contribution < -0.4 is 10.5 Å². The van der Waals surface area contributed by atoms with Gasteiger partial charge in [-0.1, -0.05) is 30.0 Å². The van der Waals surface area contributed by atoms with Crippen LogP contribution in [-0.2, 0) is 14.3 Å². The number of carboxylic acid groups (broad SMARTS) is 1. The van der Waals surface area contributed by atoms with Crippen molar-refractivity contribution in [3.05, 3.63) is 44.7 Å². The molecule has 34 heavy (non-hydrogen) atoms. The van der Waals surface area contributed by atoms with E-state index in [2.05, 4.69) is 0 Å². The summed E-state index contributed by atoms with van der Waals surface area (Å²) < 4.78 is 7.70. The lowest BCUT2D eigenvalue weighted by atomic mass is 10.1. The zero-order valence-electron chi connectivity index (χ0n) is 19.2. The number of aliphatic carboxylic acids is 1. The summed E-state index contributed by atoms with van der Waals surface area (Å²) in [4.78, 5) is 46.1. The molecule has 0 aromatic carbocycles. The Bertz CT molecular complexity index is 1250. The summed E-state index contributed by atoms with van der Waals surface area (Å²) in [6.07, 6.45) is 3.40. The number of morpholine rings is 1. The number of anilines is 1. The maximum atomic E-state index is 13.6. The van der Waals surface area contributed by atoms with Crippen LogP contribution in [-0.4, -0.2) is 67.4 Å². The molecule has 2 saturated heterocycles. The number of aromatic nitrogens is 2. The Hall–Kier alpha value is -2.76. The third kappa shape index (κ3) is 4.86. The molecule has 0 spiro atoms. The average molecular weight is 503 g/mol. The van der Waals surface area contributed by atoms with Gasteiger partial charge in [0, 0.05) is 32.3 Å². The van der Waals surface area contributed by atoms with Crippen molar-refractivity contribution < 1.29 is 19.4 Å².